The lowest BCUT2D eigenvalue weighted by Gasteiger charge is -2.37. The lowest BCUT2D eigenvalue weighted by atomic mass is 9.69. The van der Waals surface area contributed by atoms with E-state index >= 15 is 0 Å². The van der Waals surface area contributed by atoms with Gasteiger partial charge in [-0.3, -0.25) is 4.98 Å². The van der Waals surface area contributed by atoms with Crippen molar-refractivity contribution in [2.24, 2.45) is 23.7 Å². The minimum absolute atomic E-state index is 0.750. The van der Waals surface area contributed by atoms with Crippen molar-refractivity contribution < 1.29 is 4.74 Å². The number of aryl methyl sites for hydroxylation is 1. The highest BCUT2D eigenvalue weighted by molar-refractivity contribution is 5.19. The normalized spacial score (nSPS) is 31.7. The zero-order valence-corrected chi connectivity index (χ0v) is 15.0. The van der Waals surface area contributed by atoms with Crippen molar-refractivity contribution in [1.82, 2.24) is 4.98 Å². The molecule has 0 bridgehead atoms. The van der Waals surface area contributed by atoms with E-state index in [4.69, 9.17) is 4.74 Å². The van der Waals surface area contributed by atoms with Gasteiger partial charge in [0.05, 0.1) is 12.8 Å². The van der Waals surface area contributed by atoms with Crippen molar-refractivity contribution >= 4 is 0 Å². The molecule has 1 heterocycles. The Morgan fingerprint density at radius 3 is 2.04 bits per heavy atom. The van der Waals surface area contributed by atoms with E-state index < -0.39 is 0 Å². The molecule has 0 radical (unpaired) electrons. The number of nitrogens with zero attached hydrogens (tertiary/aromatic N) is 1. The van der Waals surface area contributed by atoms with Crippen molar-refractivity contribution in [3.05, 3.63) is 24.0 Å². The van der Waals surface area contributed by atoms with Gasteiger partial charge in [-0.05, 0) is 81.3 Å². The molecule has 0 saturated heterocycles. The van der Waals surface area contributed by atoms with E-state index in [1.807, 2.05) is 25.3 Å². The second kappa shape index (κ2) is 8.17. The van der Waals surface area contributed by atoms with Gasteiger partial charge >= 0.3 is 0 Å². The fourth-order valence-electron chi connectivity index (χ4n) is 4.65. The largest absolute Gasteiger partial charge is 0.492 e. The number of ether oxygens (including phenoxy) is 1. The number of pyridine rings is 1. The SMILES string of the molecule is CCC1CCC(C2CCC(COc3ccc(C)nc3)CC2)CC1. The van der Waals surface area contributed by atoms with Gasteiger partial charge in [-0.25, -0.2) is 0 Å². The number of rotatable bonds is 5. The molecule has 2 saturated carbocycles. The molecule has 2 heteroatoms. The Kier molecular flexibility index (Phi) is 5.96. The van der Waals surface area contributed by atoms with Crippen LogP contribution in [0.15, 0.2) is 18.3 Å². The molecule has 0 unspecified atom stereocenters. The van der Waals surface area contributed by atoms with Crippen LogP contribution >= 0.6 is 0 Å². The standard InChI is InChI=1S/C21H33NO/c1-3-17-5-9-19(10-6-17)20-11-7-18(8-12-20)15-23-21-13-4-16(2)22-14-21/h4,13-14,17-20H,3,5-12,15H2,1-2H3. The molecule has 3 rings (SSSR count). The van der Waals surface area contributed by atoms with E-state index in [1.54, 1.807) is 0 Å². The highest BCUT2D eigenvalue weighted by Gasteiger charge is 2.30. The van der Waals surface area contributed by atoms with Crippen molar-refractivity contribution in [2.45, 2.75) is 71.6 Å². The third kappa shape index (κ3) is 4.71. The summed E-state index contributed by atoms with van der Waals surface area (Å²) in [7, 11) is 0. The number of hydrogen-bond acceptors (Lipinski definition) is 2. The van der Waals surface area contributed by atoms with E-state index in [9.17, 15) is 0 Å². The van der Waals surface area contributed by atoms with Crippen LogP contribution in [0.25, 0.3) is 0 Å². The molecule has 0 aromatic carbocycles. The molecule has 128 valence electrons. The molecule has 2 aliphatic carbocycles. The van der Waals surface area contributed by atoms with Crippen LogP contribution in [-0.4, -0.2) is 11.6 Å². The zero-order valence-electron chi connectivity index (χ0n) is 15.0. The first kappa shape index (κ1) is 16.8. The van der Waals surface area contributed by atoms with Crippen LogP contribution in [0, 0.1) is 30.6 Å². The van der Waals surface area contributed by atoms with E-state index in [0.717, 1.165) is 41.7 Å². The average Bonchev–Trinajstić information content (AvgIpc) is 2.62. The van der Waals surface area contributed by atoms with Crippen LogP contribution in [0.1, 0.15) is 70.4 Å². The molecule has 0 atom stereocenters. The quantitative estimate of drug-likeness (QED) is 0.686. The Labute approximate surface area is 142 Å². The van der Waals surface area contributed by atoms with Crippen LogP contribution in [0.2, 0.25) is 0 Å². The van der Waals surface area contributed by atoms with Crippen LogP contribution in [-0.2, 0) is 0 Å². The van der Waals surface area contributed by atoms with Crippen LogP contribution in [0.5, 0.6) is 5.75 Å². The van der Waals surface area contributed by atoms with Gasteiger partial charge in [-0.1, -0.05) is 26.2 Å². The molecule has 1 aromatic rings. The van der Waals surface area contributed by atoms with Gasteiger partial charge in [0.15, 0.2) is 0 Å². The van der Waals surface area contributed by atoms with Gasteiger partial charge in [0.25, 0.3) is 0 Å². The molecular weight excluding hydrogens is 282 g/mol. The maximum absolute atomic E-state index is 5.95. The molecule has 1 aromatic heterocycles. The third-order valence-corrected chi connectivity index (χ3v) is 6.40. The molecule has 2 aliphatic rings. The summed E-state index contributed by atoms with van der Waals surface area (Å²) in [5.74, 6) is 4.74. The fraction of sp³-hybridized carbons (Fsp3) is 0.762. The Balaban J connectivity index is 1.38. The van der Waals surface area contributed by atoms with Gasteiger partial charge in [-0.2, -0.15) is 0 Å². The Bertz CT molecular complexity index is 453. The Hall–Kier alpha value is -1.05. The van der Waals surface area contributed by atoms with Gasteiger partial charge in [0.1, 0.15) is 5.75 Å². The van der Waals surface area contributed by atoms with Crippen molar-refractivity contribution in [1.29, 1.82) is 0 Å². The summed E-state index contributed by atoms with van der Waals surface area (Å²) in [6, 6.07) is 4.07. The Morgan fingerprint density at radius 1 is 0.913 bits per heavy atom. The highest BCUT2D eigenvalue weighted by Crippen LogP contribution is 2.41. The maximum Gasteiger partial charge on any atom is 0.137 e. The Morgan fingerprint density at radius 2 is 1.52 bits per heavy atom. The fourth-order valence-corrected chi connectivity index (χ4v) is 4.65. The minimum atomic E-state index is 0.750. The monoisotopic (exact) mass is 315 g/mol. The summed E-state index contributed by atoms with van der Waals surface area (Å²) in [6.07, 6.45) is 14.8. The summed E-state index contributed by atoms with van der Waals surface area (Å²) >= 11 is 0. The summed E-state index contributed by atoms with van der Waals surface area (Å²) in [5, 5.41) is 0. The molecule has 0 amide bonds. The minimum Gasteiger partial charge on any atom is -0.492 e. The van der Waals surface area contributed by atoms with E-state index in [2.05, 4.69) is 11.9 Å². The van der Waals surface area contributed by atoms with Gasteiger partial charge in [-0.15, -0.1) is 0 Å². The molecule has 2 fully saturated rings. The molecule has 0 N–H and O–H groups in total. The first-order valence-corrected chi connectivity index (χ1v) is 9.80. The van der Waals surface area contributed by atoms with Crippen LogP contribution in [0.4, 0.5) is 0 Å². The van der Waals surface area contributed by atoms with E-state index in [1.165, 1.54) is 57.8 Å². The van der Waals surface area contributed by atoms with Gasteiger partial charge in [0.2, 0.25) is 0 Å². The van der Waals surface area contributed by atoms with Gasteiger partial charge in [0, 0.05) is 5.69 Å². The van der Waals surface area contributed by atoms with Gasteiger partial charge < -0.3 is 4.74 Å². The topological polar surface area (TPSA) is 22.1 Å². The van der Waals surface area contributed by atoms with Crippen LogP contribution < -0.4 is 4.74 Å². The lowest BCUT2D eigenvalue weighted by Crippen LogP contribution is -2.27. The third-order valence-electron chi connectivity index (χ3n) is 6.40. The van der Waals surface area contributed by atoms with E-state index in [-0.39, 0.29) is 0 Å². The first-order chi connectivity index (χ1) is 11.2. The summed E-state index contributed by atoms with van der Waals surface area (Å²) in [4.78, 5) is 4.30. The first-order valence-electron chi connectivity index (χ1n) is 9.80. The lowest BCUT2D eigenvalue weighted by molar-refractivity contribution is 0.123. The van der Waals surface area contributed by atoms with Crippen molar-refractivity contribution in [3.63, 3.8) is 0 Å². The maximum atomic E-state index is 5.95. The molecular formula is C21H33NO. The van der Waals surface area contributed by atoms with E-state index in [0.29, 0.717) is 0 Å². The smallest absolute Gasteiger partial charge is 0.137 e. The zero-order chi connectivity index (χ0) is 16.1. The summed E-state index contributed by atoms with van der Waals surface area (Å²) in [5.41, 5.74) is 1.05. The second-order valence-electron chi connectivity index (χ2n) is 7.92. The van der Waals surface area contributed by atoms with Crippen molar-refractivity contribution in [3.8, 4) is 5.75 Å². The molecule has 2 nitrogen and oxygen atoms in total. The highest BCUT2D eigenvalue weighted by atomic mass is 16.5. The summed E-state index contributed by atoms with van der Waals surface area (Å²) < 4.78 is 5.95. The van der Waals surface area contributed by atoms with Crippen LogP contribution in [0.3, 0.4) is 0 Å². The molecule has 0 aliphatic heterocycles. The van der Waals surface area contributed by atoms with Crippen molar-refractivity contribution in [2.75, 3.05) is 6.61 Å². The molecule has 0 spiro atoms. The average molecular weight is 316 g/mol. The number of aromatic nitrogens is 1. The molecule has 23 heavy (non-hydrogen) atoms. The summed E-state index contributed by atoms with van der Waals surface area (Å²) in [6.45, 7) is 5.25. The number of hydrogen-bond donors (Lipinski definition) is 0. The predicted octanol–water partition coefficient (Wildman–Crippen LogP) is 5.79. The second-order valence-corrected chi connectivity index (χ2v) is 7.92. The predicted molar refractivity (Wildman–Crippen MR) is 95.7 cm³/mol.